The molecule has 0 bridgehead atoms. The van der Waals surface area contributed by atoms with E-state index in [-0.39, 0.29) is 23.3 Å². The molecular formula is C19H30N4O2S. The van der Waals surface area contributed by atoms with Gasteiger partial charge < -0.3 is 15.5 Å². The molecule has 2 aliphatic heterocycles. The molecule has 2 atom stereocenters. The second kappa shape index (κ2) is 8.05. The highest BCUT2D eigenvalue weighted by Gasteiger charge is 2.28. The first-order chi connectivity index (χ1) is 12.3. The van der Waals surface area contributed by atoms with Gasteiger partial charge in [-0.3, -0.25) is 9.59 Å². The van der Waals surface area contributed by atoms with E-state index in [1.165, 1.54) is 0 Å². The first-order valence-corrected chi connectivity index (χ1v) is 10.5. The van der Waals surface area contributed by atoms with Crippen molar-refractivity contribution in [2.45, 2.75) is 57.9 Å². The summed E-state index contributed by atoms with van der Waals surface area (Å²) in [5.41, 5.74) is 0.520. The number of hydrogen-bond acceptors (Lipinski definition) is 5. The molecule has 26 heavy (non-hydrogen) atoms. The van der Waals surface area contributed by atoms with Crippen LogP contribution in [-0.2, 0) is 10.2 Å². The van der Waals surface area contributed by atoms with E-state index in [0.29, 0.717) is 24.7 Å². The Balaban J connectivity index is 1.53. The molecule has 2 N–H and O–H groups in total. The summed E-state index contributed by atoms with van der Waals surface area (Å²) >= 11 is 1.56. The van der Waals surface area contributed by atoms with Crippen molar-refractivity contribution >= 4 is 23.2 Å². The summed E-state index contributed by atoms with van der Waals surface area (Å²) in [6.45, 7) is 9.37. The number of piperidine rings is 1. The average Bonchev–Trinajstić information content (AvgIpc) is 3.30. The van der Waals surface area contributed by atoms with E-state index in [2.05, 4.69) is 36.4 Å². The molecule has 6 nitrogen and oxygen atoms in total. The van der Waals surface area contributed by atoms with Gasteiger partial charge in [0.2, 0.25) is 5.91 Å². The van der Waals surface area contributed by atoms with Gasteiger partial charge in [-0.1, -0.05) is 20.8 Å². The molecule has 2 saturated heterocycles. The zero-order valence-electron chi connectivity index (χ0n) is 16.0. The Labute approximate surface area is 159 Å². The lowest BCUT2D eigenvalue weighted by molar-refractivity contribution is -0.123. The molecule has 144 valence electrons. The van der Waals surface area contributed by atoms with E-state index in [4.69, 9.17) is 0 Å². The van der Waals surface area contributed by atoms with Crippen LogP contribution in [0.25, 0.3) is 0 Å². The molecule has 3 heterocycles. The molecular weight excluding hydrogens is 348 g/mol. The third-order valence-electron chi connectivity index (χ3n) is 5.11. The van der Waals surface area contributed by atoms with Gasteiger partial charge in [-0.15, -0.1) is 11.3 Å². The number of nitrogens with zero attached hydrogens (tertiary/aromatic N) is 2. The molecule has 0 saturated carbocycles. The summed E-state index contributed by atoms with van der Waals surface area (Å²) < 4.78 is 0. The van der Waals surface area contributed by atoms with Crippen LogP contribution in [0.15, 0.2) is 5.38 Å². The zero-order chi connectivity index (χ0) is 18.7. The van der Waals surface area contributed by atoms with Crippen LogP contribution in [0, 0.1) is 5.92 Å². The molecule has 2 unspecified atom stereocenters. The highest BCUT2D eigenvalue weighted by Crippen LogP contribution is 2.27. The Bertz CT molecular complexity index is 646. The Morgan fingerprint density at radius 1 is 1.35 bits per heavy atom. The van der Waals surface area contributed by atoms with Crippen LogP contribution in [0.1, 0.15) is 62.0 Å². The lowest BCUT2D eigenvalue weighted by Gasteiger charge is -2.32. The van der Waals surface area contributed by atoms with Crippen molar-refractivity contribution in [2.75, 3.05) is 26.2 Å². The fraction of sp³-hybridized carbons (Fsp3) is 0.737. The van der Waals surface area contributed by atoms with Gasteiger partial charge in [-0.05, 0) is 38.1 Å². The van der Waals surface area contributed by atoms with Gasteiger partial charge in [0.15, 0.2) is 0 Å². The minimum Gasteiger partial charge on any atom is -0.354 e. The van der Waals surface area contributed by atoms with Crippen molar-refractivity contribution < 1.29 is 9.59 Å². The summed E-state index contributed by atoms with van der Waals surface area (Å²) in [7, 11) is 0. The van der Waals surface area contributed by atoms with Gasteiger partial charge in [0, 0.05) is 30.4 Å². The second-order valence-electron chi connectivity index (χ2n) is 8.44. The van der Waals surface area contributed by atoms with E-state index < -0.39 is 0 Å². The van der Waals surface area contributed by atoms with Gasteiger partial charge in [0.25, 0.3) is 5.91 Å². The molecule has 7 heteroatoms. The average molecular weight is 379 g/mol. The number of thiazole rings is 1. The van der Waals surface area contributed by atoms with Crippen molar-refractivity contribution in [3.8, 4) is 0 Å². The number of rotatable bonds is 4. The Kier molecular flexibility index (Phi) is 5.97. The third-order valence-corrected chi connectivity index (χ3v) is 6.38. The van der Waals surface area contributed by atoms with Crippen LogP contribution in [0.4, 0.5) is 0 Å². The molecule has 0 spiro atoms. The number of carbonyl (C=O) groups is 2. The number of nitrogens with one attached hydrogen (secondary N) is 2. The monoisotopic (exact) mass is 378 g/mol. The largest absolute Gasteiger partial charge is 0.354 e. The van der Waals surface area contributed by atoms with Crippen LogP contribution < -0.4 is 10.6 Å². The molecule has 1 aromatic rings. The maximum atomic E-state index is 12.8. The van der Waals surface area contributed by atoms with Gasteiger partial charge in [-0.2, -0.15) is 0 Å². The minimum absolute atomic E-state index is 0.0187. The van der Waals surface area contributed by atoms with Crippen LogP contribution in [-0.4, -0.2) is 53.9 Å². The van der Waals surface area contributed by atoms with Crippen molar-refractivity contribution in [1.29, 1.82) is 0 Å². The Morgan fingerprint density at radius 2 is 2.15 bits per heavy atom. The molecule has 0 aromatic carbocycles. The molecule has 1 aromatic heterocycles. The van der Waals surface area contributed by atoms with Gasteiger partial charge in [0.1, 0.15) is 5.69 Å². The first kappa shape index (κ1) is 19.3. The minimum atomic E-state index is -0.0397. The summed E-state index contributed by atoms with van der Waals surface area (Å²) in [6.07, 6.45) is 4.01. The summed E-state index contributed by atoms with van der Waals surface area (Å²) in [6, 6.07) is -0.0397. The maximum Gasteiger partial charge on any atom is 0.273 e. The Morgan fingerprint density at radius 3 is 2.81 bits per heavy atom. The van der Waals surface area contributed by atoms with Gasteiger partial charge in [-0.25, -0.2) is 4.98 Å². The summed E-state index contributed by atoms with van der Waals surface area (Å²) in [5, 5.41) is 9.15. The molecule has 2 aliphatic rings. The predicted octanol–water partition coefficient (Wildman–Crippen LogP) is 2.16. The second-order valence-corrected chi connectivity index (χ2v) is 9.30. The summed E-state index contributed by atoms with van der Waals surface area (Å²) in [5.74, 6) is 0.435. The lowest BCUT2D eigenvalue weighted by atomic mass is 9.97. The smallest absolute Gasteiger partial charge is 0.273 e. The maximum absolute atomic E-state index is 12.8. The highest BCUT2D eigenvalue weighted by molar-refractivity contribution is 7.10. The third kappa shape index (κ3) is 4.62. The molecule has 0 aliphatic carbocycles. The topological polar surface area (TPSA) is 74.3 Å². The number of carbonyl (C=O) groups excluding carboxylic acids is 2. The standard InChI is InChI=1S/C19H30N4O2S/c1-19(2,3)18-22-15(12-26-18)17(25)23-9-5-6-13(11-23)10-21-16(24)14-7-4-8-20-14/h12-14,20H,4-11H2,1-3H3,(H,21,24). The van der Waals surface area contributed by atoms with Crippen LogP contribution in [0.2, 0.25) is 0 Å². The molecule has 3 rings (SSSR count). The molecule has 2 amide bonds. The quantitative estimate of drug-likeness (QED) is 0.842. The fourth-order valence-corrected chi connectivity index (χ4v) is 4.45. The predicted molar refractivity (Wildman–Crippen MR) is 103 cm³/mol. The van der Waals surface area contributed by atoms with Crippen LogP contribution >= 0.6 is 11.3 Å². The van der Waals surface area contributed by atoms with Gasteiger partial charge >= 0.3 is 0 Å². The van der Waals surface area contributed by atoms with Crippen molar-refractivity contribution in [2.24, 2.45) is 5.92 Å². The van der Waals surface area contributed by atoms with Gasteiger partial charge in [0.05, 0.1) is 11.0 Å². The van der Waals surface area contributed by atoms with Crippen LogP contribution in [0.3, 0.4) is 0 Å². The van der Waals surface area contributed by atoms with E-state index in [9.17, 15) is 9.59 Å². The highest BCUT2D eigenvalue weighted by atomic mass is 32.1. The van der Waals surface area contributed by atoms with Crippen molar-refractivity contribution in [1.82, 2.24) is 20.5 Å². The van der Waals surface area contributed by atoms with Crippen molar-refractivity contribution in [3.05, 3.63) is 16.1 Å². The zero-order valence-corrected chi connectivity index (χ0v) is 16.8. The number of likely N-dealkylation sites (tertiary alicyclic amines) is 1. The fourth-order valence-electron chi connectivity index (χ4n) is 3.57. The SMILES string of the molecule is CC(C)(C)c1nc(C(=O)N2CCCC(CNC(=O)C3CCCN3)C2)cs1. The van der Waals surface area contributed by atoms with E-state index in [1.807, 2.05) is 10.3 Å². The molecule has 0 radical (unpaired) electrons. The summed E-state index contributed by atoms with van der Waals surface area (Å²) in [4.78, 5) is 31.4. The number of aromatic nitrogens is 1. The first-order valence-electron chi connectivity index (χ1n) is 9.61. The Hall–Kier alpha value is -1.47. The normalized spacial score (nSPS) is 23.9. The van der Waals surface area contributed by atoms with E-state index >= 15 is 0 Å². The number of hydrogen-bond donors (Lipinski definition) is 2. The number of amides is 2. The lowest BCUT2D eigenvalue weighted by Crippen LogP contribution is -2.46. The molecule has 2 fully saturated rings. The van der Waals surface area contributed by atoms with E-state index in [1.54, 1.807) is 11.3 Å². The van der Waals surface area contributed by atoms with Crippen LogP contribution in [0.5, 0.6) is 0 Å². The van der Waals surface area contributed by atoms with Crippen molar-refractivity contribution in [3.63, 3.8) is 0 Å². The van der Waals surface area contributed by atoms with E-state index in [0.717, 1.165) is 43.8 Å².